The van der Waals surface area contributed by atoms with Crippen LogP contribution in [0.3, 0.4) is 0 Å². The molecule has 1 aromatic rings. The van der Waals surface area contributed by atoms with E-state index in [1.54, 1.807) is 12.1 Å². The van der Waals surface area contributed by atoms with Crippen molar-refractivity contribution in [3.63, 3.8) is 0 Å². The van der Waals surface area contributed by atoms with Crippen molar-refractivity contribution in [3.8, 4) is 5.75 Å². The zero-order chi connectivity index (χ0) is 13.2. The molecule has 2 nitrogen and oxygen atoms in total. The Kier molecular flexibility index (Phi) is 4.17. The summed E-state index contributed by atoms with van der Waals surface area (Å²) < 4.78 is 18.9. The molecule has 0 spiro atoms. The average molecular weight is 269 g/mol. The van der Waals surface area contributed by atoms with Gasteiger partial charge in [-0.25, -0.2) is 4.39 Å². The standard InChI is InChI=1S/C14H20FNOS/c1-14(7-4-8-18-14)13(16-2)10-5-6-12(17-3)11(15)9-10/h5-6,9,13,16H,4,7-8H2,1-3H3. The molecule has 2 unspecified atom stereocenters. The first-order valence-corrected chi connectivity index (χ1v) is 7.24. The van der Waals surface area contributed by atoms with Crippen LogP contribution in [0.25, 0.3) is 0 Å². The third kappa shape index (κ3) is 2.50. The van der Waals surface area contributed by atoms with Crippen molar-refractivity contribution < 1.29 is 9.13 Å². The molecule has 18 heavy (non-hydrogen) atoms. The molecule has 4 heteroatoms. The molecule has 100 valence electrons. The maximum absolute atomic E-state index is 13.8. The van der Waals surface area contributed by atoms with Crippen LogP contribution in [0.1, 0.15) is 31.4 Å². The van der Waals surface area contributed by atoms with E-state index in [1.807, 2.05) is 24.9 Å². The average Bonchev–Trinajstić information content (AvgIpc) is 2.78. The van der Waals surface area contributed by atoms with Crippen molar-refractivity contribution in [2.75, 3.05) is 19.9 Å². The van der Waals surface area contributed by atoms with Crippen molar-refractivity contribution in [1.82, 2.24) is 5.32 Å². The highest BCUT2D eigenvalue weighted by Gasteiger charge is 2.38. The number of thioether (sulfide) groups is 1. The van der Waals surface area contributed by atoms with Crippen LogP contribution >= 0.6 is 11.8 Å². The van der Waals surface area contributed by atoms with Crippen LogP contribution < -0.4 is 10.1 Å². The first kappa shape index (κ1) is 13.7. The van der Waals surface area contributed by atoms with Crippen LogP contribution in [0, 0.1) is 5.82 Å². The molecule has 0 saturated carbocycles. The molecule has 0 amide bonds. The fourth-order valence-corrected chi connectivity index (χ4v) is 4.18. The summed E-state index contributed by atoms with van der Waals surface area (Å²) in [6, 6.07) is 5.42. The minimum atomic E-state index is -0.290. The highest BCUT2D eigenvalue weighted by molar-refractivity contribution is 8.00. The second-order valence-electron chi connectivity index (χ2n) is 4.88. The summed E-state index contributed by atoms with van der Waals surface area (Å²) in [5.41, 5.74) is 0.993. The summed E-state index contributed by atoms with van der Waals surface area (Å²) in [6.45, 7) is 2.26. The molecule has 1 aliphatic heterocycles. The molecule has 1 aromatic carbocycles. The lowest BCUT2D eigenvalue weighted by Gasteiger charge is -2.33. The molecule has 0 aliphatic carbocycles. The number of hydrogen-bond donors (Lipinski definition) is 1. The molecular weight excluding hydrogens is 249 g/mol. The lowest BCUT2D eigenvalue weighted by Crippen LogP contribution is -2.35. The van der Waals surface area contributed by atoms with Gasteiger partial charge in [0.25, 0.3) is 0 Å². The number of methoxy groups -OCH3 is 1. The van der Waals surface area contributed by atoms with E-state index < -0.39 is 0 Å². The van der Waals surface area contributed by atoms with Gasteiger partial charge in [-0.05, 0) is 50.3 Å². The van der Waals surface area contributed by atoms with Gasteiger partial charge in [0.05, 0.1) is 7.11 Å². The third-order valence-corrected chi connectivity index (χ3v) is 5.25. The van der Waals surface area contributed by atoms with E-state index in [0.717, 1.165) is 12.0 Å². The summed E-state index contributed by atoms with van der Waals surface area (Å²) in [5.74, 6) is 1.20. The molecule has 0 aromatic heterocycles. The van der Waals surface area contributed by atoms with Crippen molar-refractivity contribution in [1.29, 1.82) is 0 Å². The molecule has 0 radical (unpaired) electrons. The highest BCUT2D eigenvalue weighted by Crippen LogP contribution is 2.46. The lowest BCUT2D eigenvalue weighted by atomic mass is 9.90. The Hall–Kier alpha value is -0.740. The van der Waals surface area contributed by atoms with Gasteiger partial charge in [0.2, 0.25) is 0 Å². The van der Waals surface area contributed by atoms with Crippen LogP contribution in [0.5, 0.6) is 5.75 Å². The zero-order valence-corrected chi connectivity index (χ0v) is 11.9. The van der Waals surface area contributed by atoms with Crippen LogP contribution in [0.2, 0.25) is 0 Å². The van der Waals surface area contributed by atoms with Gasteiger partial charge in [-0.15, -0.1) is 0 Å². The van der Waals surface area contributed by atoms with Gasteiger partial charge in [-0.3, -0.25) is 0 Å². The lowest BCUT2D eigenvalue weighted by molar-refractivity contribution is 0.383. The molecule has 1 N–H and O–H groups in total. The number of hydrogen-bond acceptors (Lipinski definition) is 3. The normalized spacial score (nSPS) is 25.1. The monoisotopic (exact) mass is 269 g/mol. The largest absolute Gasteiger partial charge is 0.494 e. The molecule has 1 aliphatic rings. The van der Waals surface area contributed by atoms with E-state index in [-0.39, 0.29) is 16.6 Å². The summed E-state index contributed by atoms with van der Waals surface area (Å²) in [7, 11) is 3.43. The first-order chi connectivity index (χ1) is 8.60. The van der Waals surface area contributed by atoms with Crippen LogP contribution in [0.4, 0.5) is 4.39 Å². The van der Waals surface area contributed by atoms with Crippen molar-refractivity contribution in [2.24, 2.45) is 0 Å². The van der Waals surface area contributed by atoms with Crippen LogP contribution in [-0.4, -0.2) is 24.7 Å². The molecule has 1 heterocycles. The SMILES string of the molecule is CNC(c1ccc(OC)c(F)c1)C1(C)CCCS1. The molecule has 0 bridgehead atoms. The van der Waals surface area contributed by atoms with Gasteiger partial charge in [-0.1, -0.05) is 6.07 Å². The van der Waals surface area contributed by atoms with Crippen molar-refractivity contribution >= 4 is 11.8 Å². The maximum atomic E-state index is 13.8. The Balaban J connectivity index is 2.30. The fourth-order valence-electron chi connectivity index (χ4n) is 2.72. The van der Waals surface area contributed by atoms with Gasteiger partial charge < -0.3 is 10.1 Å². The van der Waals surface area contributed by atoms with Gasteiger partial charge in [0.15, 0.2) is 11.6 Å². The minimum Gasteiger partial charge on any atom is -0.494 e. The van der Waals surface area contributed by atoms with Gasteiger partial charge in [0.1, 0.15) is 0 Å². The second-order valence-corrected chi connectivity index (χ2v) is 6.51. The van der Waals surface area contributed by atoms with E-state index >= 15 is 0 Å². The van der Waals surface area contributed by atoms with E-state index in [9.17, 15) is 4.39 Å². The van der Waals surface area contributed by atoms with E-state index in [1.165, 1.54) is 19.3 Å². The fraction of sp³-hybridized carbons (Fsp3) is 0.571. The summed E-state index contributed by atoms with van der Waals surface area (Å²) in [4.78, 5) is 0. The van der Waals surface area contributed by atoms with E-state index in [4.69, 9.17) is 4.74 Å². The third-order valence-electron chi connectivity index (χ3n) is 3.66. The maximum Gasteiger partial charge on any atom is 0.165 e. The van der Waals surface area contributed by atoms with E-state index in [0.29, 0.717) is 5.75 Å². The number of ether oxygens (including phenoxy) is 1. The predicted molar refractivity (Wildman–Crippen MR) is 74.8 cm³/mol. The smallest absolute Gasteiger partial charge is 0.165 e. The molecule has 1 fully saturated rings. The Morgan fingerprint density at radius 1 is 1.50 bits per heavy atom. The van der Waals surface area contributed by atoms with Crippen LogP contribution in [0.15, 0.2) is 18.2 Å². The van der Waals surface area contributed by atoms with Gasteiger partial charge in [-0.2, -0.15) is 11.8 Å². The topological polar surface area (TPSA) is 21.3 Å². The Morgan fingerprint density at radius 3 is 2.78 bits per heavy atom. The second kappa shape index (κ2) is 5.49. The molecule has 1 saturated heterocycles. The Labute approximate surface area is 112 Å². The van der Waals surface area contributed by atoms with Crippen molar-refractivity contribution in [2.45, 2.75) is 30.6 Å². The number of benzene rings is 1. The molecule has 2 rings (SSSR count). The quantitative estimate of drug-likeness (QED) is 0.905. The predicted octanol–water partition coefficient (Wildman–Crippen LogP) is 3.38. The van der Waals surface area contributed by atoms with Gasteiger partial charge >= 0.3 is 0 Å². The number of halogens is 1. The summed E-state index contributed by atoms with van der Waals surface area (Å²) in [6.07, 6.45) is 2.40. The molecular formula is C14H20FNOS. The number of rotatable bonds is 4. The minimum absolute atomic E-state index is 0.149. The highest BCUT2D eigenvalue weighted by atomic mass is 32.2. The number of nitrogens with one attached hydrogen (secondary N) is 1. The molecule has 2 atom stereocenters. The first-order valence-electron chi connectivity index (χ1n) is 6.25. The zero-order valence-electron chi connectivity index (χ0n) is 11.1. The van der Waals surface area contributed by atoms with E-state index in [2.05, 4.69) is 12.2 Å². The van der Waals surface area contributed by atoms with Crippen LogP contribution in [-0.2, 0) is 0 Å². The summed E-state index contributed by atoms with van der Waals surface area (Å²) >= 11 is 1.97. The Bertz CT molecular complexity index is 418. The van der Waals surface area contributed by atoms with Gasteiger partial charge in [0, 0.05) is 10.8 Å². The summed E-state index contributed by atoms with van der Waals surface area (Å²) in [5, 5.41) is 3.34. The Morgan fingerprint density at radius 2 is 2.28 bits per heavy atom. The van der Waals surface area contributed by atoms with Crippen molar-refractivity contribution in [3.05, 3.63) is 29.6 Å².